The first-order chi connectivity index (χ1) is 11.6. The van der Waals surface area contributed by atoms with Gasteiger partial charge in [-0.1, -0.05) is 6.07 Å². The minimum Gasteiger partial charge on any atom is -0.493 e. The molecular weight excluding hydrogens is 310 g/mol. The maximum Gasteiger partial charge on any atom is 0.244 e. The number of aliphatic hydroxyl groups is 1. The maximum atomic E-state index is 11.8. The number of carbonyl (C=O) groups is 1. The van der Waals surface area contributed by atoms with E-state index in [9.17, 15) is 9.90 Å². The number of carbonyl (C=O) groups excluding carboxylic acids is 1. The van der Waals surface area contributed by atoms with Gasteiger partial charge < -0.3 is 24.3 Å². The lowest BCUT2D eigenvalue weighted by Gasteiger charge is -2.08. The molecule has 1 atom stereocenters. The van der Waals surface area contributed by atoms with Gasteiger partial charge in [0.05, 0.1) is 20.5 Å². The zero-order chi connectivity index (χ0) is 17.4. The number of amides is 1. The summed E-state index contributed by atoms with van der Waals surface area (Å²) < 4.78 is 15.5. The van der Waals surface area contributed by atoms with E-state index in [0.717, 1.165) is 5.56 Å². The average Bonchev–Trinajstić information content (AvgIpc) is 3.14. The minimum atomic E-state index is -0.727. The fourth-order valence-corrected chi connectivity index (χ4v) is 2.14. The number of aliphatic hydroxyl groups excluding tert-OH is 1. The second kappa shape index (κ2) is 8.79. The molecule has 128 valence electrons. The highest BCUT2D eigenvalue weighted by molar-refractivity contribution is 5.91. The smallest absolute Gasteiger partial charge is 0.244 e. The minimum absolute atomic E-state index is 0.239. The number of hydrogen-bond donors (Lipinski definition) is 2. The Morgan fingerprint density at radius 2 is 2.08 bits per heavy atom. The van der Waals surface area contributed by atoms with E-state index in [1.165, 1.54) is 12.3 Å². The van der Waals surface area contributed by atoms with Crippen LogP contribution in [-0.4, -0.2) is 31.8 Å². The van der Waals surface area contributed by atoms with Gasteiger partial charge in [-0.3, -0.25) is 4.79 Å². The van der Waals surface area contributed by atoms with E-state index in [1.807, 2.05) is 6.07 Å². The van der Waals surface area contributed by atoms with Gasteiger partial charge in [0.1, 0.15) is 11.9 Å². The molecule has 6 nitrogen and oxygen atoms in total. The molecule has 24 heavy (non-hydrogen) atoms. The van der Waals surface area contributed by atoms with Gasteiger partial charge in [-0.05, 0) is 42.3 Å². The molecule has 0 bridgehead atoms. The SMILES string of the molecule is COc1ccc(/C=C/C(=O)NCC[C@H](O)c2ccco2)cc1OC. The van der Waals surface area contributed by atoms with Gasteiger partial charge in [-0.2, -0.15) is 0 Å². The summed E-state index contributed by atoms with van der Waals surface area (Å²) in [6.07, 6.45) is 4.27. The molecule has 6 heteroatoms. The summed E-state index contributed by atoms with van der Waals surface area (Å²) in [5, 5.41) is 12.6. The first-order valence-electron chi connectivity index (χ1n) is 7.53. The fourth-order valence-electron chi connectivity index (χ4n) is 2.14. The Morgan fingerprint density at radius 1 is 1.29 bits per heavy atom. The molecule has 0 fully saturated rings. The van der Waals surface area contributed by atoms with Gasteiger partial charge >= 0.3 is 0 Å². The van der Waals surface area contributed by atoms with Crippen LogP contribution in [-0.2, 0) is 4.79 Å². The molecule has 1 aromatic heterocycles. The number of nitrogens with one attached hydrogen (secondary N) is 1. The molecule has 0 unspecified atom stereocenters. The molecule has 2 aromatic rings. The van der Waals surface area contributed by atoms with Crippen molar-refractivity contribution in [3.63, 3.8) is 0 Å². The summed E-state index contributed by atoms with van der Waals surface area (Å²) in [5.41, 5.74) is 0.818. The molecule has 0 saturated carbocycles. The second-order valence-electron chi connectivity index (χ2n) is 5.06. The Kier molecular flexibility index (Phi) is 6.45. The molecule has 0 spiro atoms. The fraction of sp³-hybridized carbons (Fsp3) is 0.278. The molecule has 2 rings (SSSR count). The molecule has 1 heterocycles. The van der Waals surface area contributed by atoms with E-state index < -0.39 is 6.10 Å². The van der Waals surface area contributed by atoms with Crippen LogP contribution in [0.3, 0.4) is 0 Å². The van der Waals surface area contributed by atoms with Gasteiger partial charge in [-0.15, -0.1) is 0 Å². The lowest BCUT2D eigenvalue weighted by molar-refractivity contribution is -0.116. The van der Waals surface area contributed by atoms with Crippen molar-refractivity contribution in [3.05, 3.63) is 54.0 Å². The largest absolute Gasteiger partial charge is 0.493 e. The normalized spacial score (nSPS) is 12.1. The number of furan rings is 1. The third-order valence-electron chi connectivity index (χ3n) is 3.42. The van der Waals surface area contributed by atoms with Crippen LogP contribution in [0.25, 0.3) is 6.08 Å². The molecule has 1 amide bonds. The summed E-state index contributed by atoms with van der Waals surface area (Å²) in [5.74, 6) is 1.48. The van der Waals surface area contributed by atoms with E-state index >= 15 is 0 Å². The van der Waals surface area contributed by atoms with Gasteiger partial charge in [0.2, 0.25) is 5.91 Å². The molecule has 1 aromatic carbocycles. The zero-order valence-corrected chi connectivity index (χ0v) is 13.7. The molecule has 0 radical (unpaired) electrons. The predicted molar refractivity (Wildman–Crippen MR) is 89.9 cm³/mol. The van der Waals surface area contributed by atoms with Crippen molar-refractivity contribution in [3.8, 4) is 11.5 Å². The monoisotopic (exact) mass is 331 g/mol. The second-order valence-corrected chi connectivity index (χ2v) is 5.06. The van der Waals surface area contributed by atoms with E-state index in [0.29, 0.717) is 30.2 Å². The highest BCUT2D eigenvalue weighted by Crippen LogP contribution is 2.27. The van der Waals surface area contributed by atoms with Gasteiger partial charge in [-0.25, -0.2) is 0 Å². The lowest BCUT2D eigenvalue weighted by Crippen LogP contribution is -2.23. The van der Waals surface area contributed by atoms with Crippen molar-refractivity contribution in [2.24, 2.45) is 0 Å². The summed E-state index contributed by atoms with van der Waals surface area (Å²) >= 11 is 0. The molecular formula is C18H21NO5. The number of methoxy groups -OCH3 is 2. The van der Waals surface area contributed by atoms with Crippen LogP contribution >= 0.6 is 0 Å². The van der Waals surface area contributed by atoms with E-state index in [-0.39, 0.29) is 5.91 Å². The van der Waals surface area contributed by atoms with Crippen molar-refractivity contribution < 1.29 is 23.8 Å². The van der Waals surface area contributed by atoms with Gasteiger partial charge in [0.25, 0.3) is 0 Å². The van der Waals surface area contributed by atoms with Crippen molar-refractivity contribution in [1.82, 2.24) is 5.32 Å². The summed E-state index contributed by atoms with van der Waals surface area (Å²) in [4.78, 5) is 11.8. The number of hydrogen-bond acceptors (Lipinski definition) is 5. The van der Waals surface area contributed by atoms with Crippen LogP contribution in [0.1, 0.15) is 23.8 Å². The van der Waals surface area contributed by atoms with Crippen LogP contribution < -0.4 is 14.8 Å². The molecule has 0 aliphatic rings. The Balaban J connectivity index is 1.82. The number of rotatable bonds is 8. The first-order valence-corrected chi connectivity index (χ1v) is 7.53. The molecule has 0 aliphatic heterocycles. The first kappa shape index (κ1) is 17.6. The zero-order valence-electron chi connectivity index (χ0n) is 13.7. The Hall–Kier alpha value is -2.73. The average molecular weight is 331 g/mol. The van der Waals surface area contributed by atoms with Crippen LogP contribution in [0.2, 0.25) is 0 Å². The molecule has 0 saturated heterocycles. The van der Waals surface area contributed by atoms with Crippen molar-refractivity contribution >= 4 is 12.0 Å². The van der Waals surface area contributed by atoms with Crippen LogP contribution in [0.4, 0.5) is 0 Å². The van der Waals surface area contributed by atoms with Crippen LogP contribution in [0, 0.1) is 0 Å². The quantitative estimate of drug-likeness (QED) is 0.727. The molecule has 2 N–H and O–H groups in total. The maximum absolute atomic E-state index is 11.8. The van der Waals surface area contributed by atoms with Crippen molar-refractivity contribution in [2.75, 3.05) is 20.8 Å². The van der Waals surface area contributed by atoms with Crippen LogP contribution in [0.15, 0.2) is 47.1 Å². The third-order valence-corrected chi connectivity index (χ3v) is 3.42. The van der Waals surface area contributed by atoms with E-state index in [4.69, 9.17) is 13.9 Å². The number of benzene rings is 1. The van der Waals surface area contributed by atoms with E-state index in [1.54, 1.807) is 44.6 Å². The van der Waals surface area contributed by atoms with E-state index in [2.05, 4.69) is 5.32 Å². The number of ether oxygens (including phenoxy) is 2. The van der Waals surface area contributed by atoms with Crippen molar-refractivity contribution in [2.45, 2.75) is 12.5 Å². The standard InChI is InChI=1S/C18H21NO5/c1-22-16-7-5-13(12-17(16)23-2)6-8-18(21)19-10-9-14(20)15-4-3-11-24-15/h3-8,11-12,14,20H,9-10H2,1-2H3,(H,19,21)/b8-6+/t14-/m0/s1. The topological polar surface area (TPSA) is 80.9 Å². The lowest BCUT2D eigenvalue weighted by atomic mass is 10.2. The summed E-state index contributed by atoms with van der Waals surface area (Å²) in [6.45, 7) is 0.344. The Bertz CT molecular complexity index is 679. The highest BCUT2D eigenvalue weighted by atomic mass is 16.5. The summed E-state index contributed by atoms with van der Waals surface area (Å²) in [7, 11) is 3.13. The third kappa shape index (κ3) is 4.89. The molecule has 0 aliphatic carbocycles. The Labute approximate surface area is 140 Å². The predicted octanol–water partition coefficient (Wildman–Crippen LogP) is 2.55. The Morgan fingerprint density at radius 3 is 2.75 bits per heavy atom. The van der Waals surface area contributed by atoms with Crippen molar-refractivity contribution in [1.29, 1.82) is 0 Å². The highest BCUT2D eigenvalue weighted by Gasteiger charge is 2.10. The van der Waals surface area contributed by atoms with Gasteiger partial charge in [0.15, 0.2) is 11.5 Å². The summed E-state index contributed by atoms with van der Waals surface area (Å²) in [6, 6.07) is 8.79. The van der Waals surface area contributed by atoms with Gasteiger partial charge in [0, 0.05) is 12.6 Å². The van der Waals surface area contributed by atoms with Crippen LogP contribution in [0.5, 0.6) is 11.5 Å².